The molecule has 1 atom stereocenters. The van der Waals surface area contributed by atoms with Crippen LogP contribution in [-0.4, -0.2) is 32.6 Å². The third-order valence-electron chi connectivity index (χ3n) is 4.10. The minimum atomic E-state index is -0.524. The fraction of sp³-hybridized carbons (Fsp3) is 0.263. The van der Waals surface area contributed by atoms with E-state index in [9.17, 15) is 9.59 Å². The fourth-order valence-electron chi connectivity index (χ4n) is 2.79. The van der Waals surface area contributed by atoms with E-state index < -0.39 is 11.9 Å². The van der Waals surface area contributed by atoms with E-state index in [0.29, 0.717) is 22.9 Å². The number of carbonyl (C=O) groups excluding carboxylic acids is 2. The van der Waals surface area contributed by atoms with Crippen LogP contribution in [0, 0.1) is 5.92 Å². The quantitative estimate of drug-likeness (QED) is 0.618. The first-order valence-corrected chi connectivity index (χ1v) is 7.91. The van der Waals surface area contributed by atoms with Gasteiger partial charge in [-0.15, -0.1) is 0 Å². The number of hydrogen-bond acceptors (Lipinski definition) is 5. The number of methoxy groups -OCH3 is 2. The summed E-state index contributed by atoms with van der Waals surface area (Å²) < 4.78 is 15.8. The Hall–Kier alpha value is -3.02. The number of rotatable bonds is 5. The van der Waals surface area contributed by atoms with Crippen molar-refractivity contribution in [1.82, 2.24) is 0 Å². The van der Waals surface area contributed by atoms with E-state index in [-0.39, 0.29) is 18.9 Å². The van der Waals surface area contributed by atoms with E-state index in [1.807, 2.05) is 12.1 Å². The van der Waals surface area contributed by atoms with Crippen LogP contribution in [0.4, 0.5) is 5.69 Å². The van der Waals surface area contributed by atoms with Gasteiger partial charge in [-0.05, 0) is 24.3 Å². The summed E-state index contributed by atoms with van der Waals surface area (Å²) >= 11 is 0. The van der Waals surface area contributed by atoms with Crippen LogP contribution >= 0.6 is 0 Å². The zero-order valence-electron chi connectivity index (χ0n) is 14.1. The van der Waals surface area contributed by atoms with E-state index in [1.54, 1.807) is 48.4 Å². The molecular weight excluding hydrogens is 322 g/mol. The highest BCUT2D eigenvalue weighted by atomic mass is 16.6. The van der Waals surface area contributed by atoms with Crippen molar-refractivity contribution in [2.24, 2.45) is 5.92 Å². The van der Waals surface area contributed by atoms with Gasteiger partial charge in [0.1, 0.15) is 5.75 Å². The lowest BCUT2D eigenvalue weighted by Crippen LogP contribution is -2.27. The molecule has 0 saturated carbocycles. The van der Waals surface area contributed by atoms with Gasteiger partial charge in [0, 0.05) is 24.7 Å². The molecule has 1 fully saturated rings. The lowest BCUT2D eigenvalue weighted by Gasteiger charge is -2.17. The molecular formula is C19H19NO5. The first kappa shape index (κ1) is 16.8. The van der Waals surface area contributed by atoms with Gasteiger partial charge in [0.05, 0.1) is 20.1 Å². The topological polar surface area (TPSA) is 65.1 Å². The minimum Gasteiger partial charge on any atom is -0.497 e. The lowest BCUT2D eigenvalue weighted by atomic mass is 10.1. The molecule has 0 aliphatic carbocycles. The van der Waals surface area contributed by atoms with Crippen molar-refractivity contribution in [1.29, 1.82) is 0 Å². The van der Waals surface area contributed by atoms with Crippen molar-refractivity contribution in [2.75, 3.05) is 25.7 Å². The average Bonchev–Trinajstić information content (AvgIpc) is 3.04. The molecule has 130 valence electrons. The van der Waals surface area contributed by atoms with Gasteiger partial charge < -0.3 is 19.1 Å². The molecule has 1 heterocycles. The SMILES string of the molecule is COc1cccc(N2CC(C(=O)Oc3ccccc3OC)CC2=O)c1. The van der Waals surface area contributed by atoms with Gasteiger partial charge in [0.15, 0.2) is 11.5 Å². The van der Waals surface area contributed by atoms with Gasteiger partial charge in [0.25, 0.3) is 0 Å². The number of anilines is 1. The summed E-state index contributed by atoms with van der Waals surface area (Å²) in [4.78, 5) is 26.3. The highest BCUT2D eigenvalue weighted by Crippen LogP contribution is 2.31. The van der Waals surface area contributed by atoms with Crippen molar-refractivity contribution in [2.45, 2.75) is 6.42 Å². The van der Waals surface area contributed by atoms with Gasteiger partial charge in [-0.25, -0.2) is 0 Å². The zero-order chi connectivity index (χ0) is 17.8. The van der Waals surface area contributed by atoms with Crippen molar-refractivity contribution in [3.63, 3.8) is 0 Å². The van der Waals surface area contributed by atoms with Crippen LogP contribution in [0.2, 0.25) is 0 Å². The van der Waals surface area contributed by atoms with Crippen molar-refractivity contribution in [3.05, 3.63) is 48.5 Å². The van der Waals surface area contributed by atoms with Crippen LogP contribution in [0.3, 0.4) is 0 Å². The van der Waals surface area contributed by atoms with Crippen LogP contribution in [0.5, 0.6) is 17.2 Å². The van der Waals surface area contributed by atoms with Gasteiger partial charge >= 0.3 is 5.97 Å². The summed E-state index contributed by atoms with van der Waals surface area (Å²) in [6.07, 6.45) is 0.116. The first-order valence-electron chi connectivity index (χ1n) is 7.91. The molecule has 1 unspecified atom stereocenters. The second kappa shape index (κ2) is 7.25. The molecule has 2 aromatic rings. The molecule has 0 radical (unpaired) electrons. The second-order valence-electron chi connectivity index (χ2n) is 5.68. The van der Waals surface area contributed by atoms with Gasteiger partial charge in [-0.3, -0.25) is 9.59 Å². The summed E-state index contributed by atoms with van der Waals surface area (Å²) in [5, 5.41) is 0. The number of para-hydroxylation sites is 2. The highest BCUT2D eigenvalue weighted by Gasteiger charge is 2.36. The number of ether oxygens (including phenoxy) is 3. The molecule has 2 aromatic carbocycles. The molecule has 1 amide bonds. The van der Waals surface area contributed by atoms with E-state index in [2.05, 4.69) is 0 Å². The molecule has 1 aliphatic rings. The Kier molecular flexibility index (Phi) is 4.88. The normalized spacial score (nSPS) is 16.6. The van der Waals surface area contributed by atoms with Gasteiger partial charge in [-0.1, -0.05) is 18.2 Å². The van der Waals surface area contributed by atoms with Gasteiger partial charge in [-0.2, -0.15) is 0 Å². The van der Waals surface area contributed by atoms with E-state index in [4.69, 9.17) is 14.2 Å². The van der Waals surface area contributed by atoms with E-state index >= 15 is 0 Å². The maximum Gasteiger partial charge on any atom is 0.316 e. The van der Waals surface area contributed by atoms with Crippen LogP contribution in [0.25, 0.3) is 0 Å². The summed E-state index contributed by atoms with van der Waals surface area (Å²) in [5.74, 6) is 0.402. The third-order valence-corrected chi connectivity index (χ3v) is 4.10. The van der Waals surface area contributed by atoms with Gasteiger partial charge in [0.2, 0.25) is 5.91 Å². The molecule has 0 bridgehead atoms. The molecule has 25 heavy (non-hydrogen) atoms. The predicted octanol–water partition coefficient (Wildman–Crippen LogP) is 2.66. The monoisotopic (exact) mass is 341 g/mol. The maximum atomic E-state index is 12.4. The Labute approximate surface area is 145 Å². The Bertz CT molecular complexity index is 789. The van der Waals surface area contributed by atoms with Crippen LogP contribution < -0.4 is 19.1 Å². The standard InChI is InChI=1S/C19H19NO5/c1-23-15-7-5-6-14(11-15)20-12-13(10-18(20)21)19(22)25-17-9-4-3-8-16(17)24-2/h3-9,11,13H,10,12H2,1-2H3. The number of amides is 1. The van der Waals surface area contributed by atoms with Crippen molar-refractivity contribution in [3.8, 4) is 17.2 Å². The van der Waals surface area contributed by atoms with E-state index in [1.165, 1.54) is 7.11 Å². The van der Waals surface area contributed by atoms with E-state index in [0.717, 1.165) is 0 Å². The Morgan fingerprint density at radius 1 is 1.04 bits per heavy atom. The van der Waals surface area contributed by atoms with Crippen molar-refractivity contribution >= 4 is 17.6 Å². The average molecular weight is 341 g/mol. The molecule has 3 rings (SSSR count). The zero-order valence-corrected chi connectivity index (χ0v) is 14.1. The largest absolute Gasteiger partial charge is 0.497 e. The smallest absolute Gasteiger partial charge is 0.316 e. The molecule has 6 nitrogen and oxygen atoms in total. The lowest BCUT2D eigenvalue weighted by molar-refractivity contribution is -0.139. The molecule has 0 aromatic heterocycles. The number of hydrogen-bond donors (Lipinski definition) is 0. The predicted molar refractivity (Wildman–Crippen MR) is 92.1 cm³/mol. The Morgan fingerprint density at radius 2 is 1.80 bits per heavy atom. The third kappa shape index (κ3) is 3.57. The minimum absolute atomic E-state index is 0.116. The Morgan fingerprint density at radius 3 is 2.52 bits per heavy atom. The summed E-state index contributed by atoms with van der Waals surface area (Å²) in [6.45, 7) is 0.278. The molecule has 1 saturated heterocycles. The first-order chi connectivity index (χ1) is 12.1. The number of benzene rings is 2. The summed E-state index contributed by atoms with van der Waals surface area (Å²) in [7, 11) is 3.08. The second-order valence-corrected chi connectivity index (χ2v) is 5.68. The molecule has 0 spiro atoms. The fourth-order valence-corrected chi connectivity index (χ4v) is 2.79. The van der Waals surface area contributed by atoms with Crippen LogP contribution in [0.15, 0.2) is 48.5 Å². The maximum absolute atomic E-state index is 12.4. The molecule has 6 heteroatoms. The summed E-state index contributed by atoms with van der Waals surface area (Å²) in [6, 6.07) is 14.1. The number of esters is 1. The number of carbonyl (C=O) groups is 2. The van der Waals surface area contributed by atoms with Crippen LogP contribution in [-0.2, 0) is 9.59 Å². The Balaban J connectivity index is 1.72. The van der Waals surface area contributed by atoms with Crippen molar-refractivity contribution < 1.29 is 23.8 Å². The number of nitrogens with zero attached hydrogens (tertiary/aromatic N) is 1. The molecule has 1 aliphatic heterocycles. The summed E-state index contributed by atoms with van der Waals surface area (Å²) in [5.41, 5.74) is 0.706. The van der Waals surface area contributed by atoms with Crippen LogP contribution in [0.1, 0.15) is 6.42 Å². The molecule has 0 N–H and O–H groups in total. The highest BCUT2D eigenvalue weighted by molar-refractivity contribution is 5.99.